The quantitative estimate of drug-likeness (QED) is 0.352. The molecule has 1 aliphatic heterocycles. The van der Waals surface area contributed by atoms with Crippen LogP contribution in [0.4, 0.5) is 5.69 Å². The van der Waals surface area contributed by atoms with E-state index in [9.17, 15) is 23.3 Å². The van der Waals surface area contributed by atoms with Crippen LogP contribution < -0.4 is 0 Å². The first kappa shape index (κ1) is 15.8. The van der Waals surface area contributed by atoms with Gasteiger partial charge in [-0.05, 0) is 18.2 Å². The summed E-state index contributed by atoms with van der Waals surface area (Å²) in [6, 6.07) is 3.47. The van der Waals surface area contributed by atoms with Crippen molar-refractivity contribution in [3.8, 4) is 0 Å². The summed E-state index contributed by atoms with van der Waals surface area (Å²) >= 11 is 0. The minimum Gasteiger partial charge on any atom is -0.464 e. The van der Waals surface area contributed by atoms with Crippen LogP contribution in [0.3, 0.4) is 0 Å². The van der Waals surface area contributed by atoms with Crippen molar-refractivity contribution in [1.82, 2.24) is 0 Å². The van der Waals surface area contributed by atoms with Crippen molar-refractivity contribution in [2.75, 3.05) is 7.11 Å². The maximum atomic E-state index is 12.6. The maximum absolute atomic E-state index is 12.6. The first-order valence-electron chi connectivity index (χ1n) is 6.23. The molecular weight excluding hydrogens is 312 g/mol. The van der Waals surface area contributed by atoms with Gasteiger partial charge in [0.15, 0.2) is 6.21 Å². The summed E-state index contributed by atoms with van der Waals surface area (Å²) < 4.78 is 30.7. The molecule has 1 aromatic rings. The van der Waals surface area contributed by atoms with Crippen LogP contribution in [0.15, 0.2) is 41.3 Å². The van der Waals surface area contributed by atoms with E-state index in [1.165, 1.54) is 19.4 Å². The minimum absolute atomic E-state index is 0.140. The van der Waals surface area contributed by atoms with E-state index >= 15 is 0 Å². The van der Waals surface area contributed by atoms with E-state index in [4.69, 9.17) is 0 Å². The van der Waals surface area contributed by atoms with E-state index in [0.29, 0.717) is 0 Å². The molecule has 2 rings (SSSR count). The summed E-state index contributed by atoms with van der Waals surface area (Å²) in [6.45, 7) is 0. The molecule has 0 spiro atoms. The van der Waals surface area contributed by atoms with Gasteiger partial charge in [-0.1, -0.05) is 6.08 Å². The van der Waals surface area contributed by atoms with Crippen molar-refractivity contribution in [2.24, 2.45) is 0 Å². The van der Waals surface area contributed by atoms with Crippen LogP contribution in [0.2, 0.25) is 0 Å². The van der Waals surface area contributed by atoms with Crippen LogP contribution in [0.25, 0.3) is 0 Å². The molecular formula is C13H13N2O6S+. The number of benzene rings is 1. The molecule has 1 aromatic carbocycles. The average molecular weight is 325 g/mol. The number of non-ortho nitro benzene ring substituents is 1. The van der Waals surface area contributed by atoms with Gasteiger partial charge in [0.05, 0.1) is 12.0 Å². The first-order chi connectivity index (χ1) is 10.4. The van der Waals surface area contributed by atoms with Gasteiger partial charge < -0.3 is 4.74 Å². The maximum Gasteiger partial charge on any atom is 0.395 e. The van der Waals surface area contributed by atoms with E-state index in [2.05, 4.69) is 4.74 Å². The van der Waals surface area contributed by atoms with Crippen molar-refractivity contribution in [3.63, 3.8) is 0 Å². The lowest BCUT2D eigenvalue weighted by Gasteiger charge is -2.14. The highest BCUT2D eigenvalue weighted by Crippen LogP contribution is 2.20. The number of nitro benzene ring substituents is 1. The SMILES string of the molecule is COC(=O)[C@@H]1CC=CC=[N+]1S(=O)(=O)c1ccc([N+](=O)[O-])cc1. The summed E-state index contributed by atoms with van der Waals surface area (Å²) in [6.07, 6.45) is 4.63. The molecule has 1 atom stereocenters. The molecule has 0 bridgehead atoms. The molecule has 116 valence electrons. The second-order valence-corrected chi connectivity index (χ2v) is 6.28. The Morgan fingerprint density at radius 1 is 1.36 bits per heavy atom. The third-order valence-electron chi connectivity index (χ3n) is 3.13. The molecule has 0 saturated heterocycles. The third-order valence-corrected chi connectivity index (χ3v) is 4.93. The Morgan fingerprint density at radius 2 is 2.00 bits per heavy atom. The van der Waals surface area contributed by atoms with Crippen LogP contribution in [0.1, 0.15) is 6.42 Å². The van der Waals surface area contributed by atoms with Crippen molar-refractivity contribution in [2.45, 2.75) is 17.4 Å². The fraction of sp³-hybridized carbons (Fsp3) is 0.231. The Hall–Kier alpha value is -2.55. The predicted molar refractivity (Wildman–Crippen MR) is 76.2 cm³/mol. The zero-order valence-electron chi connectivity index (χ0n) is 11.6. The zero-order chi connectivity index (χ0) is 16.3. The molecule has 0 amide bonds. The largest absolute Gasteiger partial charge is 0.464 e. The standard InChI is InChI=1S/C13H13N2O6S/c1-21-13(16)12-4-2-3-9-14(12)22(19,20)11-7-5-10(6-8-11)15(17)18/h2-3,5-9,12H,4H2,1H3/q+1/t12-/m0/s1. The first-order valence-corrected chi connectivity index (χ1v) is 7.67. The number of carbonyl (C=O) groups is 1. The van der Waals surface area contributed by atoms with Gasteiger partial charge in [-0.25, -0.2) is 4.79 Å². The highest BCUT2D eigenvalue weighted by atomic mass is 32.2. The molecule has 8 nitrogen and oxygen atoms in total. The molecule has 0 fully saturated rings. The molecule has 0 unspecified atom stereocenters. The summed E-state index contributed by atoms with van der Waals surface area (Å²) in [7, 11) is -2.83. The minimum atomic E-state index is -4.01. The number of rotatable bonds is 4. The number of carbonyl (C=O) groups excluding carboxylic acids is 1. The Balaban J connectivity index is 2.44. The van der Waals surface area contributed by atoms with E-state index in [1.807, 2.05) is 0 Å². The number of ether oxygens (including phenoxy) is 1. The van der Waals surface area contributed by atoms with Gasteiger partial charge in [-0.15, -0.1) is 3.98 Å². The van der Waals surface area contributed by atoms with E-state index < -0.39 is 27.0 Å². The number of hydrogen-bond donors (Lipinski definition) is 0. The van der Waals surface area contributed by atoms with Crippen LogP contribution in [-0.2, 0) is 19.6 Å². The van der Waals surface area contributed by atoms with Gasteiger partial charge in [0.2, 0.25) is 0 Å². The average Bonchev–Trinajstić information content (AvgIpc) is 2.54. The van der Waals surface area contributed by atoms with Crippen molar-refractivity contribution >= 4 is 27.9 Å². The lowest BCUT2D eigenvalue weighted by atomic mass is 10.2. The molecule has 0 aromatic heterocycles. The van der Waals surface area contributed by atoms with Gasteiger partial charge >= 0.3 is 16.0 Å². The summed E-state index contributed by atoms with van der Waals surface area (Å²) in [5, 5.41) is 10.6. The fourth-order valence-electron chi connectivity index (χ4n) is 2.01. The van der Waals surface area contributed by atoms with Crippen LogP contribution >= 0.6 is 0 Å². The molecule has 0 saturated carbocycles. The molecule has 9 heteroatoms. The lowest BCUT2D eigenvalue weighted by Crippen LogP contribution is -2.40. The second-order valence-electron chi connectivity index (χ2n) is 4.44. The van der Waals surface area contributed by atoms with Crippen molar-refractivity contribution < 1.29 is 26.9 Å². The third kappa shape index (κ3) is 2.89. The number of hydrogen-bond acceptors (Lipinski definition) is 6. The normalized spacial score (nSPS) is 17.7. The number of nitrogens with zero attached hydrogens (tertiary/aromatic N) is 2. The number of esters is 1. The Morgan fingerprint density at radius 3 is 2.55 bits per heavy atom. The van der Waals surface area contributed by atoms with Crippen LogP contribution in [0, 0.1) is 10.1 Å². The van der Waals surface area contributed by atoms with Crippen LogP contribution in [-0.4, -0.2) is 42.7 Å². The van der Waals surface area contributed by atoms with Gasteiger partial charge in [0.25, 0.3) is 11.7 Å². The highest BCUT2D eigenvalue weighted by molar-refractivity contribution is 7.85. The van der Waals surface area contributed by atoms with Crippen LogP contribution in [0.5, 0.6) is 0 Å². The van der Waals surface area contributed by atoms with Gasteiger partial charge in [0, 0.05) is 18.6 Å². The predicted octanol–water partition coefficient (Wildman–Crippen LogP) is 0.868. The fourth-order valence-corrected chi connectivity index (χ4v) is 3.47. The summed E-state index contributed by atoms with van der Waals surface area (Å²) in [4.78, 5) is 21.6. The Kier molecular flexibility index (Phi) is 4.36. The van der Waals surface area contributed by atoms with E-state index in [-0.39, 0.29) is 17.0 Å². The smallest absolute Gasteiger partial charge is 0.395 e. The number of nitro groups is 1. The molecule has 22 heavy (non-hydrogen) atoms. The highest BCUT2D eigenvalue weighted by Gasteiger charge is 2.40. The lowest BCUT2D eigenvalue weighted by molar-refractivity contribution is -0.399. The van der Waals surface area contributed by atoms with Gasteiger partial charge in [0.1, 0.15) is 4.90 Å². The van der Waals surface area contributed by atoms with Gasteiger partial charge in [-0.2, -0.15) is 8.42 Å². The topological polar surface area (TPSA) is 107 Å². The Bertz CT molecular complexity index is 764. The number of allylic oxidation sites excluding steroid dienone is 1. The second kappa shape index (κ2) is 6.06. The Labute approximate surface area is 126 Å². The molecule has 0 N–H and O–H groups in total. The molecule has 0 aliphatic carbocycles. The monoisotopic (exact) mass is 325 g/mol. The molecule has 0 radical (unpaired) electrons. The van der Waals surface area contributed by atoms with Gasteiger partial charge in [-0.3, -0.25) is 10.1 Å². The molecule has 1 heterocycles. The molecule has 1 aliphatic rings. The van der Waals surface area contributed by atoms with Crippen molar-refractivity contribution in [3.05, 3.63) is 46.5 Å². The zero-order valence-corrected chi connectivity index (χ0v) is 12.4. The number of methoxy groups -OCH3 is 1. The van der Waals surface area contributed by atoms with Crippen molar-refractivity contribution in [1.29, 1.82) is 0 Å². The van der Waals surface area contributed by atoms with E-state index in [1.54, 1.807) is 6.08 Å². The summed E-state index contributed by atoms with van der Waals surface area (Å²) in [5.74, 6) is -0.675. The number of sulfonamides is 1. The van der Waals surface area contributed by atoms with E-state index in [0.717, 1.165) is 28.2 Å². The summed E-state index contributed by atoms with van der Waals surface area (Å²) in [5.41, 5.74) is -0.217.